The minimum atomic E-state index is -0.0968. The zero-order valence-electron chi connectivity index (χ0n) is 22.8. The molecule has 0 saturated carbocycles. The molecule has 0 aliphatic carbocycles. The maximum absolute atomic E-state index is 12.8. The summed E-state index contributed by atoms with van der Waals surface area (Å²) in [7, 11) is 3.33. The van der Waals surface area contributed by atoms with Crippen molar-refractivity contribution < 1.29 is 14.3 Å². The lowest BCUT2D eigenvalue weighted by molar-refractivity contribution is 0.0951. The molecule has 0 aliphatic rings. The molecule has 5 aromatic rings. The van der Waals surface area contributed by atoms with Crippen LogP contribution in [0, 0.1) is 6.92 Å². The van der Waals surface area contributed by atoms with Crippen LogP contribution in [0.2, 0.25) is 0 Å². The predicted octanol–water partition coefficient (Wildman–Crippen LogP) is 7.40. The van der Waals surface area contributed by atoms with Gasteiger partial charge in [-0.3, -0.25) is 4.79 Å². The van der Waals surface area contributed by atoms with E-state index < -0.39 is 0 Å². The molecule has 0 saturated heterocycles. The van der Waals surface area contributed by atoms with Gasteiger partial charge < -0.3 is 19.7 Å². The largest absolute Gasteiger partial charge is 0.497 e. The molecule has 40 heavy (non-hydrogen) atoms. The molecule has 1 aromatic heterocycles. The number of hydrogen-bond acceptors (Lipinski definition) is 6. The zero-order chi connectivity index (χ0) is 27.9. The highest BCUT2D eigenvalue weighted by molar-refractivity contribution is 7.14. The molecule has 1 heterocycles. The second-order valence-electron chi connectivity index (χ2n) is 9.36. The van der Waals surface area contributed by atoms with Gasteiger partial charge in [-0.2, -0.15) is 0 Å². The molecule has 202 valence electrons. The van der Waals surface area contributed by atoms with Gasteiger partial charge in [0.25, 0.3) is 5.91 Å². The lowest BCUT2D eigenvalue weighted by Gasteiger charge is -2.22. The van der Waals surface area contributed by atoms with Crippen molar-refractivity contribution >= 4 is 28.1 Å². The van der Waals surface area contributed by atoms with Crippen molar-refractivity contribution in [3.8, 4) is 22.8 Å². The van der Waals surface area contributed by atoms with Crippen molar-refractivity contribution in [2.45, 2.75) is 20.0 Å². The summed E-state index contributed by atoms with van der Waals surface area (Å²) < 4.78 is 10.9. The number of anilines is 2. The highest BCUT2D eigenvalue weighted by atomic mass is 32.1. The zero-order valence-corrected chi connectivity index (χ0v) is 23.6. The van der Waals surface area contributed by atoms with E-state index in [0.29, 0.717) is 18.7 Å². The van der Waals surface area contributed by atoms with Gasteiger partial charge in [0.15, 0.2) is 5.13 Å². The van der Waals surface area contributed by atoms with Crippen LogP contribution >= 0.6 is 11.3 Å². The third-order valence-corrected chi connectivity index (χ3v) is 7.48. The average molecular weight is 550 g/mol. The number of nitrogens with one attached hydrogen (secondary N) is 1. The van der Waals surface area contributed by atoms with E-state index in [-0.39, 0.29) is 5.91 Å². The Balaban J connectivity index is 1.36. The molecule has 0 aliphatic heterocycles. The number of aromatic nitrogens is 1. The van der Waals surface area contributed by atoms with Crippen molar-refractivity contribution in [3.05, 3.63) is 125 Å². The molecule has 0 spiro atoms. The quantitative estimate of drug-likeness (QED) is 0.197. The Hall–Kier alpha value is -4.62. The van der Waals surface area contributed by atoms with Gasteiger partial charge in [0.05, 0.1) is 26.5 Å². The maximum atomic E-state index is 12.8. The van der Waals surface area contributed by atoms with E-state index >= 15 is 0 Å². The Kier molecular flexibility index (Phi) is 8.42. The first-order valence-corrected chi connectivity index (χ1v) is 13.8. The van der Waals surface area contributed by atoms with Crippen molar-refractivity contribution in [1.29, 1.82) is 0 Å². The fraction of sp³-hybridized carbons (Fsp3) is 0.152. The smallest absolute Gasteiger partial charge is 0.251 e. The first-order chi connectivity index (χ1) is 19.5. The van der Waals surface area contributed by atoms with E-state index in [2.05, 4.69) is 10.2 Å². The van der Waals surface area contributed by atoms with E-state index in [1.54, 1.807) is 25.6 Å². The number of hydrogen-bond donors (Lipinski definition) is 1. The predicted molar refractivity (Wildman–Crippen MR) is 162 cm³/mol. The minimum Gasteiger partial charge on any atom is -0.497 e. The van der Waals surface area contributed by atoms with Crippen molar-refractivity contribution in [1.82, 2.24) is 10.3 Å². The van der Waals surface area contributed by atoms with Crippen LogP contribution in [-0.2, 0) is 13.1 Å². The Labute approximate surface area is 238 Å². The van der Waals surface area contributed by atoms with Crippen LogP contribution in [-0.4, -0.2) is 25.1 Å². The molecule has 0 unspecified atom stereocenters. The van der Waals surface area contributed by atoms with E-state index in [9.17, 15) is 4.79 Å². The number of carbonyl (C=O) groups excluding carboxylic acids is 1. The number of ether oxygens (including phenoxy) is 2. The molecular weight excluding hydrogens is 518 g/mol. The third-order valence-electron chi connectivity index (χ3n) is 6.62. The standard InChI is InChI=1S/C33H31N3O3S/c1-23-8-10-24(11-9-23)20-34-32(37)26-14-12-25(13-15-26)21-36(27-16-18-28(38-2)19-17-27)33-35-30(22-40-33)29-6-4-5-7-31(29)39-3/h4-19,22H,20-21H2,1-3H3,(H,34,37). The summed E-state index contributed by atoms with van der Waals surface area (Å²) in [6, 6.07) is 31.7. The topological polar surface area (TPSA) is 63.7 Å². The summed E-state index contributed by atoms with van der Waals surface area (Å²) >= 11 is 1.57. The normalized spacial score (nSPS) is 10.7. The van der Waals surface area contributed by atoms with Gasteiger partial charge in [0, 0.05) is 28.7 Å². The number of aryl methyl sites for hydroxylation is 1. The average Bonchev–Trinajstić information content (AvgIpc) is 3.49. The van der Waals surface area contributed by atoms with Gasteiger partial charge in [-0.1, -0.05) is 54.1 Å². The molecule has 0 radical (unpaired) electrons. The van der Waals surface area contributed by atoms with Gasteiger partial charge in [0.2, 0.25) is 0 Å². The van der Waals surface area contributed by atoms with Gasteiger partial charge >= 0.3 is 0 Å². The molecule has 1 amide bonds. The number of thiazole rings is 1. The van der Waals surface area contributed by atoms with Crippen LogP contribution in [0.25, 0.3) is 11.3 Å². The highest BCUT2D eigenvalue weighted by Gasteiger charge is 2.17. The lowest BCUT2D eigenvalue weighted by Crippen LogP contribution is -2.23. The Bertz CT molecular complexity index is 1560. The number of amides is 1. The van der Waals surface area contributed by atoms with Gasteiger partial charge in [-0.15, -0.1) is 11.3 Å². The third kappa shape index (κ3) is 6.33. The summed E-state index contributed by atoms with van der Waals surface area (Å²) in [5.74, 6) is 1.48. The molecule has 5 rings (SSSR count). The van der Waals surface area contributed by atoms with E-state index in [1.807, 2.05) is 109 Å². The number of nitrogens with zero attached hydrogens (tertiary/aromatic N) is 2. The SMILES string of the molecule is COc1ccc(N(Cc2ccc(C(=O)NCc3ccc(C)cc3)cc2)c2nc(-c3ccccc3OC)cs2)cc1. The maximum Gasteiger partial charge on any atom is 0.251 e. The van der Waals surface area contributed by atoms with Crippen LogP contribution in [0.1, 0.15) is 27.0 Å². The summed E-state index contributed by atoms with van der Waals surface area (Å²) in [6.45, 7) is 3.12. The number of carbonyl (C=O) groups is 1. The Morgan fingerprint density at radius 1 is 0.850 bits per heavy atom. The summed E-state index contributed by atoms with van der Waals surface area (Å²) in [6.07, 6.45) is 0. The molecule has 0 atom stereocenters. The molecule has 0 bridgehead atoms. The first kappa shape index (κ1) is 27.0. The van der Waals surface area contributed by atoms with Crippen molar-refractivity contribution in [2.75, 3.05) is 19.1 Å². The van der Waals surface area contributed by atoms with Crippen LogP contribution in [0.15, 0.2) is 102 Å². The molecule has 4 aromatic carbocycles. The molecule has 0 fully saturated rings. The number of rotatable bonds is 10. The number of benzene rings is 4. The van der Waals surface area contributed by atoms with Crippen LogP contribution < -0.4 is 19.7 Å². The van der Waals surface area contributed by atoms with Gasteiger partial charge in [-0.05, 0) is 66.6 Å². The second kappa shape index (κ2) is 12.5. The fourth-order valence-corrected chi connectivity index (χ4v) is 5.18. The summed E-state index contributed by atoms with van der Waals surface area (Å²) in [5.41, 5.74) is 6.74. The summed E-state index contributed by atoms with van der Waals surface area (Å²) in [5, 5.41) is 5.90. The van der Waals surface area contributed by atoms with E-state index in [0.717, 1.165) is 44.7 Å². The fourth-order valence-electron chi connectivity index (χ4n) is 4.33. The molecule has 1 N–H and O–H groups in total. The molecular formula is C33H31N3O3S. The lowest BCUT2D eigenvalue weighted by atomic mass is 10.1. The Morgan fingerprint density at radius 3 is 2.25 bits per heavy atom. The van der Waals surface area contributed by atoms with Crippen LogP contribution in [0.4, 0.5) is 10.8 Å². The van der Waals surface area contributed by atoms with E-state index in [4.69, 9.17) is 14.5 Å². The molecule has 6 nitrogen and oxygen atoms in total. The van der Waals surface area contributed by atoms with Gasteiger partial charge in [-0.25, -0.2) is 4.98 Å². The van der Waals surface area contributed by atoms with Gasteiger partial charge in [0.1, 0.15) is 11.5 Å². The first-order valence-electron chi connectivity index (χ1n) is 13.0. The van der Waals surface area contributed by atoms with Crippen LogP contribution in [0.5, 0.6) is 11.5 Å². The number of para-hydroxylation sites is 1. The number of methoxy groups -OCH3 is 2. The Morgan fingerprint density at radius 2 is 1.55 bits per heavy atom. The monoisotopic (exact) mass is 549 g/mol. The molecule has 7 heteroatoms. The summed E-state index contributed by atoms with van der Waals surface area (Å²) in [4.78, 5) is 19.9. The van der Waals surface area contributed by atoms with Crippen molar-refractivity contribution in [2.24, 2.45) is 0 Å². The van der Waals surface area contributed by atoms with Crippen LogP contribution in [0.3, 0.4) is 0 Å². The van der Waals surface area contributed by atoms with Crippen molar-refractivity contribution in [3.63, 3.8) is 0 Å². The highest BCUT2D eigenvalue weighted by Crippen LogP contribution is 2.37. The second-order valence-corrected chi connectivity index (χ2v) is 10.2. The van der Waals surface area contributed by atoms with E-state index in [1.165, 1.54) is 5.56 Å². The minimum absolute atomic E-state index is 0.0968.